The Labute approximate surface area is 155 Å². The van der Waals surface area contributed by atoms with Gasteiger partial charge >= 0.3 is 5.97 Å². The van der Waals surface area contributed by atoms with E-state index in [2.05, 4.69) is 15.2 Å². The van der Waals surface area contributed by atoms with Gasteiger partial charge in [-0.25, -0.2) is 9.48 Å². The van der Waals surface area contributed by atoms with E-state index in [-0.39, 0.29) is 16.5 Å². The van der Waals surface area contributed by atoms with Gasteiger partial charge in [0, 0.05) is 17.4 Å². The van der Waals surface area contributed by atoms with Crippen LogP contribution in [0.4, 0.5) is 5.69 Å². The van der Waals surface area contributed by atoms with Gasteiger partial charge in [-0.15, -0.1) is 0 Å². The number of rotatable bonds is 4. The molecule has 0 fully saturated rings. The molecular weight excluding hydrogens is 354 g/mol. The number of carbonyl (C=O) groups excluding carboxylic acids is 2. The summed E-state index contributed by atoms with van der Waals surface area (Å²) in [6.45, 7) is 1.96. The van der Waals surface area contributed by atoms with Crippen molar-refractivity contribution in [2.24, 2.45) is 0 Å². The Bertz CT molecular complexity index is 964. The maximum absolute atomic E-state index is 12.4. The monoisotopic (exact) mass is 369 g/mol. The zero-order valence-electron chi connectivity index (χ0n) is 14.2. The molecule has 132 valence electrons. The molecule has 0 bridgehead atoms. The van der Waals surface area contributed by atoms with Crippen molar-refractivity contribution in [1.82, 2.24) is 9.78 Å². The predicted molar refractivity (Wildman–Crippen MR) is 99.0 cm³/mol. The summed E-state index contributed by atoms with van der Waals surface area (Å²) in [4.78, 5) is 24.1. The number of carbonyl (C=O) groups is 2. The van der Waals surface area contributed by atoms with Crippen molar-refractivity contribution in [2.45, 2.75) is 6.92 Å². The Hall–Kier alpha value is -3.12. The van der Waals surface area contributed by atoms with E-state index < -0.39 is 5.97 Å². The standard InChI is InChI=1S/C19H16ClN3O3/c1-12-10-21-23(11-12)15-6-3-13(4-7-15)18(24)22-14-5-8-17(20)16(9-14)19(25)26-2/h3-11H,1-2H3,(H,22,24). The number of halogens is 1. The molecule has 2 aromatic carbocycles. The van der Waals surface area contributed by atoms with Crippen LogP contribution in [-0.4, -0.2) is 28.8 Å². The minimum atomic E-state index is -0.565. The summed E-state index contributed by atoms with van der Waals surface area (Å²) >= 11 is 5.98. The lowest BCUT2D eigenvalue weighted by molar-refractivity contribution is 0.0600. The topological polar surface area (TPSA) is 73.2 Å². The fourth-order valence-corrected chi connectivity index (χ4v) is 2.59. The Morgan fingerprint density at radius 1 is 1.15 bits per heavy atom. The summed E-state index contributed by atoms with van der Waals surface area (Å²) in [6, 6.07) is 11.7. The predicted octanol–water partition coefficient (Wildman–Crippen LogP) is 3.87. The first kappa shape index (κ1) is 17.7. The van der Waals surface area contributed by atoms with Crippen LogP contribution >= 0.6 is 11.6 Å². The highest BCUT2D eigenvalue weighted by atomic mass is 35.5. The van der Waals surface area contributed by atoms with Crippen molar-refractivity contribution in [3.05, 3.63) is 76.6 Å². The number of nitrogens with one attached hydrogen (secondary N) is 1. The maximum atomic E-state index is 12.4. The van der Waals surface area contributed by atoms with Crippen molar-refractivity contribution in [3.63, 3.8) is 0 Å². The number of hydrogen-bond acceptors (Lipinski definition) is 4. The van der Waals surface area contributed by atoms with Crippen LogP contribution in [0.3, 0.4) is 0 Å². The normalized spacial score (nSPS) is 10.4. The van der Waals surface area contributed by atoms with E-state index in [0.717, 1.165) is 11.3 Å². The second-order valence-corrected chi connectivity index (χ2v) is 6.06. The van der Waals surface area contributed by atoms with E-state index in [1.807, 2.05) is 25.3 Å². The van der Waals surface area contributed by atoms with E-state index in [9.17, 15) is 9.59 Å². The molecule has 26 heavy (non-hydrogen) atoms. The molecule has 0 saturated heterocycles. The zero-order chi connectivity index (χ0) is 18.7. The van der Waals surface area contributed by atoms with Crippen molar-refractivity contribution in [2.75, 3.05) is 12.4 Å². The van der Waals surface area contributed by atoms with Crippen molar-refractivity contribution in [3.8, 4) is 5.69 Å². The van der Waals surface area contributed by atoms with Gasteiger partial charge in [0.2, 0.25) is 0 Å². The number of amides is 1. The lowest BCUT2D eigenvalue weighted by atomic mass is 10.1. The second-order valence-electron chi connectivity index (χ2n) is 5.65. The summed E-state index contributed by atoms with van der Waals surface area (Å²) in [6.07, 6.45) is 3.66. The van der Waals surface area contributed by atoms with Crippen LogP contribution in [0.1, 0.15) is 26.3 Å². The van der Waals surface area contributed by atoms with Crippen LogP contribution in [0.5, 0.6) is 0 Å². The molecule has 1 aromatic heterocycles. The van der Waals surface area contributed by atoms with Crippen LogP contribution < -0.4 is 5.32 Å². The van der Waals surface area contributed by atoms with Crippen molar-refractivity contribution >= 4 is 29.2 Å². The molecule has 0 saturated carbocycles. The van der Waals surface area contributed by atoms with E-state index in [1.54, 1.807) is 29.1 Å². The van der Waals surface area contributed by atoms with Gasteiger partial charge in [0.15, 0.2) is 0 Å². The first-order valence-electron chi connectivity index (χ1n) is 7.79. The maximum Gasteiger partial charge on any atom is 0.339 e. The highest BCUT2D eigenvalue weighted by molar-refractivity contribution is 6.33. The molecule has 0 aliphatic rings. The second kappa shape index (κ2) is 7.41. The number of benzene rings is 2. The molecule has 0 aliphatic carbocycles. The Balaban J connectivity index is 1.77. The van der Waals surface area contributed by atoms with Gasteiger partial charge in [-0.05, 0) is 55.0 Å². The van der Waals surface area contributed by atoms with Gasteiger partial charge in [-0.1, -0.05) is 11.6 Å². The van der Waals surface area contributed by atoms with Crippen LogP contribution in [0.2, 0.25) is 5.02 Å². The third kappa shape index (κ3) is 3.75. The fraction of sp³-hybridized carbons (Fsp3) is 0.105. The van der Waals surface area contributed by atoms with E-state index in [1.165, 1.54) is 19.2 Å². The number of aromatic nitrogens is 2. The minimum absolute atomic E-state index is 0.191. The van der Waals surface area contributed by atoms with Crippen LogP contribution in [0.15, 0.2) is 54.9 Å². The quantitative estimate of drug-likeness (QED) is 0.708. The van der Waals surface area contributed by atoms with Gasteiger partial charge in [0.25, 0.3) is 5.91 Å². The van der Waals surface area contributed by atoms with E-state index in [4.69, 9.17) is 11.6 Å². The Morgan fingerprint density at radius 3 is 2.50 bits per heavy atom. The molecule has 0 atom stereocenters. The van der Waals surface area contributed by atoms with Gasteiger partial charge in [-0.2, -0.15) is 5.10 Å². The summed E-state index contributed by atoms with van der Waals surface area (Å²) in [5, 5.41) is 7.23. The molecule has 0 aliphatic heterocycles. The SMILES string of the molecule is COC(=O)c1cc(NC(=O)c2ccc(-n3cc(C)cn3)cc2)ccc1Cl. The van der Waals surface area contributed by atoms with Gasteiger partial charge < -0.3 is 10.1 Å². The molecule has 1 N–H and O–H groups in total. The number of nitrogens with zero attached hydrogens (tertiary/aromatic N) is 2. The molecule has 3 rings (SSSR count). The summed E-state index contributed by atoms with van der Waals surface area (Å²) in [7, 11) is 1.27. The molecule has 0 spiro atoms. The molecule has 0 unspecified atom stereocenters. The number of hydrogen-bond donors (Lipinski definition) is 1. The molecule has 3 aromatic rings. The van der Waals surface area contributed by atoms with Gasteiger partial charge in [-0.3, -0.25) is 4.79 Å². The number of esters is 1. The van der Waals surface area contributed by atoms with Gasteiger partial charge in [0.1, 0.15) is 0 Å². The first-order valence-corrected chi connectivity index (χ1v) is 8.16. The molecule has 7 heteroatoms. The van der Waals surface area contributed by atoms with E-state index in [0.29, 0.717) is 11.3 Å². The van der Waals surface area contributed by atoms with Crippen LogP contribution in [0, 0.1) is 6.92 Å². The molecular formula is C19H16ClN3O3. The summed E-state index contributed by atoms with van der Waals surface area (Å²) < 4.78 is 6.41. The smallest absolute Gasteiger partial charge is 0.339 e. The number of ether oxygens (including phenoxy) is 1. The molecule has 6 nitrogen and oxygen atoms in total. The number of methoxy groups -OCH3 is 1. The van der Waals surface area contributed by atoms with Crippen molar-refractivity contribution < 1.29 is 14.3 Å². The third-order valence-corrected chi connectivity index (χ3v) is 4.06. The van der Waals surface area contributed by atoms with E-state index >= 15 is 0 Å². The lowest BCUT2D eigenvalue weighted by Crippen LogP contribution is -2.13. The lowest BCUT2D eigenvalue weighted by Gasteiger charge is -2.09. The van der Waals surface area contributed by atoms with Crippen LogP contribution in [-0.2, 0) is 4.74 Å². The van der Waals surface area contributed by atoms with Gasteiger partial charge in [0.05, 0.1) is 29.6 Å². The minimum Gasteiger partial charge on any atom is -0.465 e. The average Bonchev–Trinajstić information content (AvgIpc) is 3.09. The fourth-order valence-electron chi connectivity index (χ4n) is 2.39. The Kier molecular flexibility index (Phi) is 5.04. The van der Waals surface area contributed by atoms with Crippen molar-refractivity contribution in [1.29, 1.82) is 0 Å². The molecule has 1 heterocycles. The highest BCUT2D eigenvalue weighted by Gasteiger charge is 2.13. The third-order valence-electron chi connectivity index (χ3n) is 3.74. The summed E-state index contributed by atoms with van der Waals surface area (Å²) in [5.41, 5.74) is 3.03. The molecule has 1 amide bonds. The zero-order valence-corrected chi connectivity index (χ0v) is 14.9. The Morgan fingerprint density at radius 2 is 1.88 bits per heavy atom. The number of aryl methyl sites for hydroxylation is 1. The number of anilines is 1. The largest absolute Gasteiger partial charge is 0.465 e. The van der Waals surface area contributed by atoms with Crippen LogP contribution in [0.25, 0.3) is 5.69 Å². The highest BCUT2D eigenvalue weighted by Crippen LogP contribution is 2.22. The molecule has 0 radical (unpaired) electrons. The average molecular weight is 370 g/mol. The summed E-state index contributed by atoms with van der Waals surface area (Å²) in [5.74, 6) is -0.865. The first-order chi connectivity index (χ1) is 12.5.